The van der Waals surface area contributed by atoms with Gasteiger partial charge in [0.25, 0.3) is 0 Å². The largest absolute Gasteiger partial charge is 0.495 e. The van der Waals surface area contributed by atoms with E-state index in [1.165, 1.54) is 25.3 Å². The summed E-state index contributed by atoms with van der Waals surface area (Å²) in [5.74, 6) is -0.990. The fourth-order valence-corrected chi connectivity index (χ4v) is 1.99. The Labute approximate surface area is 126 Å². The number of ether oxygens (including phenoxy) is 1. The molecule has 0 saturated heterocycles. The Bertz CT molecular complexity index is 676. The highest BCUT2D eigenvalue weighted by molar-refractivity contribution is 6.30. The third-order valence-electron chi connectivity index (χ3n) is 2.93. The second kappa shape index (κ2) is 6.45. The minimum absolute atomic E-state index is 0.120. The smallest absolute Gasteiger partial charge is 0.335 e. The van der Waals surface area contributed by atoms with E-state index in [2.05, 4.69) is 5.32 Å². The van der Waals surface area contributed by atoms with Crippen molar-refractivity contribution in [1.82, 2.24) is 0 Å². The lowest BCUT2D eigenvalue weighted by atomic mass is 10.1. The van der Waals surface area contributed by atoms with Gasteiger partial charge in [0.2, 0.25) is 0 Å². The first-order chi connectivity index (χ1) is 10.0. The van der Waals surface area contributed by atoms with Gasteiger partial charge in [-0.3, -0.25) is 0 Å². The van der Waals surface area contributed by atoms with Crippen LogP contribution in [-0.4, -0.2) is 18.2 Å². The molecule has 110 valence electrons. The predicted octanol–water partition coefficient (Wildman–Crippen LogP) is 3.80. The van der Waals surface area contributed by atoms with E-state index in [9.17, 15) is 9.18 Å². The molecule has 0 radical (unpaired) electrons. The summed E-state index contributed by atoms with van der Waals surface area (Å²) in [5.41, 5.74) is 1.02. The van der Waals surface area contributed by atoms with Crippen LogP contribution in [-0.2, 0) is 6.54 Å². The molecule has 2 aromatic rings. The van der Waals surface area contributed by atoms with Gasteiger partial charge in [0.1, 0.15) is 11.6 Å². The van der Waals surface area contributed by atoms with Crippen molar-refractivity contribution in [2.45, 2.75) is 6.54 Å². The number of hydrogen-bond acceptors (Lipinski definition) is 3. The monoisotopic (exact) mass is 309 g/mol. The Kier molecular flexibility index (Phi) is 4.65. The number of carbonyl (C=O) groups is 1. The molecule has 0 saturated carbocycles. The number of carboxylic acids is 1. The van der Waals surface area contributed by atoms with E-state index in [0.717, 1.165) is 0 Å². The fourth-order valence-electron chi connectivity index (χ4n) is 1.83. The molecule has 2 rings (SSSR count). The lowest BCUT2D eigenvalue weighted by Crippen LogP contribution is -2.05. The van der Waals surface area contributed by atoms with E-state index in [1.807, 2.05) is 0 Å². The van der Waals surface area contributed by atoms with Crippen LogP contribution < -0.4 is 10.1 Å². The molecule has 0 aliphatic heterocycles. The summed E-state index contributed by atoms with van der Waals surface area (Å²) < 4.78 is 18.8. The Morgan fingerprint density at radius 2 is 2.10 bits per heavy atom. The summed E-state index contributed by atoms with van der Waals surface area (Å²) in [6.07, 6.45) is 0. The number of aromatic carboxylic acids is 1. The van der Waals surface area contributed by atoms with Gasteiger partial charge in [-0.25, -0.2) is 9.18 Å². The zero-order chi connectivity index (χ0) is 15.4. The summed E-state index contributed by atoms with van der Waals surface area (Å²) in [6, 6.07) is 8.81. The zero-order valence-electron chi connectivity index (χ0n) is 11.2. The fraction of sp³-hybridized carbons (Fsp3) is 0.133. The lowest BCUT2D eigenvalue weighted by molar-refractivity contribution is 0.0697. The van der Waals surface area contributed by atoms with E-state index in [4.69, 9.17) is 21.4 Å². The molecule has 4 nitrogen and oxygen atoms in total. The first-order valence-electron chi connectivity index (χ1n) is 6.10. The van der Waals surface area contributed by atoms with E-state index in [-0.39, 0.29) is 12.1 Å². The van der Waals surface area contributed by atoms with Gasteiger partial charge in [-0.15, -0.1) is 0 Å². The van der Waals surface area contributed by atoms with Crippen molar-refractivity contribution in [1.29, 1.82) is 0 Å². The first kappa shape index (κ1) is 15.1. The number of hydrogen-bond donors (Lipinski definition) is 2. The summed E-state index contributed by atoms with van der Waals surface area (Å²) in [7, 11) is 1.48. The van der Waals surface area contributed by atoms with Gasteiger partial charge in [-0.05, 0) is 30.3 Å². The molecule has 2 aromatic carbocycles. The van der Waals surface area contributed by atoms with Crippen molar-refractivity contribution in [3.05, 3.63) is 58.4 Å². The molecule has 0 unspecified atom stereocenters. The molecule has 0 atom stereocenters. The maximum atomic E-state index is 13.7. The van der Waals surface area contributed by atoms with Gasteiger partial charge in [0.05, 0.1) is 18.4 Å². The molecule has 0 amide bonds. The number of halogens is 2. The van der Waals surface area contributed by atoms with Crippen LogP contribution in [0.25, 0.3) is 0 Å². The van der Waals surface area contributed by atoms with Gasteiger partial charge in [0.15, 0.2) is 0 Å². The second-order valence-corrected chi connectivity index (χ2v) is 4.75. The van der Waals surface area contributed by atoms with Crippen molar-refractivity contribution in [3.8, 4) is 5.75 Å². The molecule has 0 spiro atoms. The third kappa shape index (κ3) is 3.64. The molecular weight excluding hydrogens is 297 g/mol. The van der Waals surface area contributed by atoms with Crippen LogP contribution in [0, 0.1) is 5.82 Å². The van der Waals surface area contributed by atoms with Crippen molar-refractivity contribution in [2.75, 3.05) is 12.4 Å². The van der Waals surface area contributed by atoms with E-state index in [1.54, 1.807) is 18.2 Å². The molecule has 2 N–H and O–H groups in total. The van der Waals surface area contributed by atoms with Gasteiger partial charge in [-0.2, -0.15) is 0 Å². The van der Waals surface area contributed by atoms with Crippen LogP contribution in [0.15, 0.2) is 36.4 Å². The highest BCUT2D eigenvalue weighted by atomic mass is 35.5. The van der Waals surface area contributed by atoms with Gasteiger partial charge < -0.3 is 15.2 Å². The third-order valence-corrected chi connectivity index (χ3v) is 3.17. The number of benzene rings is 2. The van der Waals surface area contributed by atoms with Crippen molar-refractivity contribution in [2.24, 2.45) is 0 Å². The van der Waals surface area contributed by atoms with Crippen LogP contribution in [0.3, 0.4) is 0 Å². The van der Waals surface area contributed by atoms with Crippen molar-refractivity contribution >= 4 is 23.3 Å². The summed E-state index contributed by atoms with van der Waals surface area (Å²) >= 11 is 5.69. The molecule has 0 heterocycles. The number of rotatable bonds is 5. The van der Waals surface area contributed by atoms with E-state index >= 15 is 0 Å². The Balaban J connectivity index is 2.22. The summed E-state index contributed by atoms with van der Waals surface area (Å²) in [6.45, 7) is 0.183. The molecule has 0 fully saturated rings. The Hall–Kier alpha value is -2.27. The predicted molar refractivity (Wildman–Crippen MR) is 78.7 cm³/mol. The second-order valence-electron chi connectivity index (χ2n) is 4.31. The van der Waals surface area contributed by atoms with Crippen molar-refractivity contribution < 1.29 is 19.0 Å². The first-order valence-corrected chi connectivity index (χ1v) is 6.48. The highest BCUT2D eigenvalue weighted by Gasteiger charge is 2.10. The summed E-state index contributed by atoms with van der Waals surface area (Å²) in [5, 5.41) is 12.3. The van der Waals surface area contributed by atoms with Gasteiger partial charge in [0, 0.05) is 17.1 Å². The maximum absolute atomic E-state index is 13.7. The average molecular weight is 310 g/mol. The maximum Gasteiger partial charge on any atom is 0.335 e. The minimum atomic E-state index is -1.04. The average Bonchev–Trinajstić information content (AvgIpc) is 2.46. The van der Waals surface area contributed by atoms with Crippen LogP contribution in [0.1, 0.15) is 15.9 Å². The lowest BCUT2D eigenvalue weighted by Gasteiger charge is -2.12. The van der Waals surface area contributed by atoms with E-state index < -0.39 is 11.8 Å². The highest BCUT2D eigenvalue weighted by Crippen LogP contribution is 2.26. The number of carboxylic acid groups (broad SMARTS) is 1. The molecule has 0 aromatic heterocycles. The van der Waals surface area contributed by atoms with E-state index in [0.29, 0.717) is 22.0 Å². The Morgan fingerprint density at radius 1 is 1.33 bits per heavy atom. The summed E-state index contributed by atoms with van der Waals surface area (Å²) in [4.78, 5) is 11.0. The molecule has 6 heteroatoms. The van der Waals surface area contributed by atoms with Crippen LogP contribution in [0.5, 0.6) is 5.75 Å². The number of anilines is 1. The van der Waals surface area contributed by atoms with Crippen LogP contribution in [0.2, 0.25) is 5.02 Å². The molecule has 0 bridgehead atoms. The number of methoxy groups -OCH3 is 1. The van der Waals surface area contributed by atoms with Gasteiger partial charge in [-0.1, -0.05) is 17.7 Å². The Morgan fingerprint density at radius 3 is 2.71 bits per heavy atom. The molecule has 0 aliphatic carbocycles. The van der Waals surface area contributed by atoms with Crippen LogP contribution >= 0.6 is 11.6 Å². The molecule has 21 heavy (non-hydrogen) atoms. The minimum Gasteiger partial charge on any atom is -0.495 e. The zero-order valence-corrected chi connectivity index (χ0v) is 11.9. The number of nitrogens with one attached hydrogen (secondary N) is 1. The van der Waals surface area contributed by atoms with Gasteiger partial charge >= 0.3 is 5.97 Å². The standard InChI is InChI=1S/C15H13ClFNO3/c1-21-14-5-3-9(15(19)20)6-13(14)18-8-10-2-4-11(16)7-12(10)17/h2-7,18H,8H2,1H3,(H,19,20). The molecular formula is C15H13ClFNO3. The topological polar surface area (TPSA) is 58.6 Å². The SMILES string of the molecule is COc1ccc(C(=O)O)cc1NCc1ccc(Cl)cc1F. The van der Waals surface area contributed by atoms with Crippen molar-refractivity contribution in [3.63, 3.8) is 0 Å². The normalized spacial score (nSPS) is 10.2. The molecule has 0 aliphatic rings. The van der Waals surface area contributed by atoms with Crippen LogP contribution in [0.4, 0.5) is 10.1 Å². The quantitative estimate of drug-likeness (QED) is 0.882.